The average Bonchev–Trinajstić information content (AvgIpc) is 3.12. The number of amides is 1. The molecule has 1 aromatic carbocycles. The fraction of sp³-hybridized carbons (Fsp3) is 0.333. The summed E-state index contributed by atoms with van der Waals surface area (Å²) in [5, 5.41) is 0.827. The minimum atomic E-state index is -0.149. The lowest BCUT2D eigenvalue weighted by molar-refractivity contribution is 0.0700. The van der Waals surface area contributed by atoms with Crippen molar-refractivity contribution < 1.29 is 9.21 Å². The number of para-hydroxylation sites is 2. The van der Waals surface area contributed by atoms with E-state index in [4.69, 9.17) is 16.0 Å². The van der Waals surface area contributed by atoms with Crippen molar-refractivity contribution in [3.8, 4) is 0 Å². The second-order valence-electron chi connectivity index (χ2n) is 6.14. The van der Waals surface area contributed by atoms with Crippen LogP contribution in [0.1, 0.15) is 35.1 Å². The summed E-state index contributed by atoms with van der Waals surface area (Å²) in [5.74, 6) is 0.820. The van der Waals surface area contributed by atoms with E-state index in [1.54, 1.807) is 4.90 Å². The minimum Gasteiger partial charge on any atom is -0.440 e. The number of aromatic nitrogens is 3. The number of rotatable bonds is 3. The molecule has 0 atom stereocenters. The molecule has 0 aliphatic carbocycles. The van der Waals surface area contributed by atoms with Crippen LogP contribution in [0.25, 0.3) is 11.1 Å². The highest BCUT2D eigenvalue weighted by atomic mass is 35.5. The van der Waals surface area contributed by atoms with E-state index in [9.17, 15) is 4.79 Å². The molecule has 1 aliphatic heterocycles. The van der Waals surface area contributed by atoms with E-state index in [1.807, 2.05) is 30.5 Å². The largest absolute Gasteiger partial charge is 0.440 e. The highest BCUT2D eigenvalue weighted by molar-refractivity contribution is 7.98. The molecule has 26 heavy (non-hydrogen) atoms. The van der Waals surface area contributed by atoms with E-state index in [1.165, 1.54) is 18.0 Å². The summed E-state index contributed by atoms with van der Waals surface area (Å²) in [5.41, 5.74) is 1.95. The maximum absolute atomic E-state index is 12.8. The number of hydrogen-bond acceptors (Lipinski definition) is 6. The monoisotopic (exact) mass is 388 g/mol. The normalized spacial score (nSPS) is 15.5. The Morgan fingerprint density at radius 1 is 1.27 bits per heavy atom. The molecule has 0 saturated carbocycles. The summed E-state index contributed by atoms with van der Waals surface area (Å²) in [6.45, 7) is 1.24. The Kier molecular flexibility index (Phi) is 4.82. The van der Waals surface area contributed by atoms with Crippen molar-refractivity contribution in [3.63, 3.8) is 0 Å². The molecule has 2 aromatic heterocycles. The molecule has 3 heterocycles. The van der Waals surface area contributed by atoms with Gasteiger partial charge in [-0.2, -0.15) is 0 Å². The molecule has 0 bridgehead atoms. The molecule has 134 valence electrons. The van der Waals surface area contributed by atoms with Crippen molar-refractivity contribution in [3.05, 3.63) is 47.1 Å². The molecule has 3 aromatic rings. The SMILES string of the molecule is CSc1ncc(Cl)c(C(=O)N2CCC(c3nc4ccccc4o3)CC2)n1. The van der Waals surface area contributed by atoms with Crippen molar-refractivity contribution in [1.29, 1.82) is 0 Å². The van der Waals surface area contributed by atoms with Gasteiger partial charge in [0.05, 0.1) is 11.2 Å². The summed E-state index contributed by atoms with van der Waals surface area (Å²) < 4.78 is 5.88. The van der Waals surface area contributed by atoms with Crippen molar-refractivity contribution in [1.82, 2.24) is 19.9 Å². The molecule has 1 amide bonds. The lowest BCUT2D eigenvalue weighted by atomic mass is 9.96. The van der Waals surface area contributed by atoms with Gasteiger partial charge in [-0.3, -0.25) is 4.79 Å². The maximum Gasteiger partial charge on any atom is 0.274 e. The quantitative estimate of drug-likeness (QED) is 0.498. The maximum atomic E-state index is 12.8. The van der Waals surface area contributed by atoms with Crippen LogP contribution < -0.4 is 0 Å². The van der Waals surface area contributed by atoms with Gasteiger partial charge in [-0.25, -0.2) is 15.0 Å². The third-order valence-electron chi connectivity index (χ3n) is 4.55. The zero-order valence-corrected chi connectivity index (χ0v) is 15.8. The van der Waals surface area contributed by atoms with Crippen LogP contribution >= 0.6 is 23.4 Å². The van der Waals surface area contributed by atoms with Gasteiger partial charge in [-0.1, -0.05) is 35.5 Å². The number of piperidine rings is 1. The molecule has 1 aliphatic rings. The predicted octanol–water partition coefficient (Wildman–Crippen LogP) is 4.01. The highest BCUT2D eigenvalue weighted by Crippen LogP contribution is 2.30. The minimum absolute atomic E-state index is 0.149. The van der Waals surface area contributed by atoms with E-state index < -0.39 is 0 Å². The van der Waals surface area contributed by atoms with Gasteiger partial charge in [-0.05, 0) is 31.2 Å². The Morgan fingerprint density at radius 2 is 2.04 bits per heavy atom. The Hall–Kier alpha value is -2.12. The zero-order chi connectivity index (χ0) is 18.1. The number of hydrogen-bond donors (Lipinski definition) is 0. The van der Waals surface area contributed by atoms with Crippen LogP contribution in [-0.4, -0.2) is 45.1 Å². The van der Waals surface area contributed by atoms with E-state index in [-0.39, 0.29) is 22.5 Å². The second-order valence-corrected chi connectivity index (χ2v) is 7.32. The molecule has 0 unspecified atom stereocenters. The first-order valence-corrected chi connectivity index (χ1v) is 9.97. The van der Waals surface area contributed by atoms with Crippen LogP contribution in [0.3, 0.4) is 0 Å². The molecule has 0 radical (unpaired) electrons. The molecular weight excluding hydrogens is 372 g/mol. The van der Waals surface area contributed by atoms with Crippen molar-refractivity contribution in [2.24, 2.45) is 0 Å². The number of oxazole rings is 1. The number of likely N-dealkylation sites (tertiary alicyclic amines) is 1. The standard InChI is InChI=1S/C18H17ClN4O2S/c1-26-18-20-10-12(19)15(22-18)17(24)23-8-6-11(7-9-23)16-21-13-4-2-3-5-14(13)25-16/h2-5,10-11H,6-9H2,1H3. The lowest BCUT2D eigenvalue weighted by Gasteiger charge is -2.30. The summed E-state index contributed by atoms with van der Waals surface area (Å²) >= 11 is 7.51. The molecule has 8 heteroatoms. The summed E-state index contributed by atoms with van der Waals surface area (Å²) in [4.78, 5) is 27.5. The molecule has 0 spiro atoms. The van der Waals surface area contributed by atoms with Crippen LogP contribution in [-0.2, 0) is 0 Å². The van der Waals surface area contributed by atoms with Gasteiger partial charge < -0.3 is 9.32 Å². The van der Waals surface area contributed by atoms with Crippen molar-refractivity contribution >= 4 is 40.4 Å². The molecular formula is C18H17ClN4O2S. The number of halogens is 1. The number of thioether (sulfide) groups is 1. The summed E-state index contributed by atoms with van der Waals surface area (Å²) in [7, 11) is 0. The molecule has 1 saturated heterocycles. The summed E-state index contributed by atoms with van der Waals surface area (Å²) in [6, 6.07) is 7.75. The Bertz CT molecular complexity index is 920. The average molecular weight is 389 g/mol. The van der Waals surface area contributed by atoms with E-state index >= 15 is 0 Å². The highest BCUT2D eigenvalue weighted by Gasteiger charge is 2.29. The molecule has 4 rings (SSSR count). The predicted molar refractivity (Wildman–Crippen MR) is 101 cm³/mol. The van der Waals surface area contributed by atoms with Gasteiger partial charge in [0.1, 0.15) is 5.52 Å². The van der Waals surface area contributed by atoms with Gasteiger partial charge in [0.25, 0.3) is 5.91 Å². The first-order chi connectivity index (χ1) is 12.7. The molecule has 0 N–H and O–H groups in total. The first-order valence-electron chi connectivity index (χ1n) is 8.37. The van der Waals surface area contributed by atoms with Crippen LogP contribution in [0.15, 0.2) is 40.0 Å². The van der Waals surface area contributed by atoms with Gasteiger partial charge in [0, 0.05) is 19.0 Å². The van der Waals surface area contributed by atoms with E-state index in [0.717, 1.165) is 29.8 Å². The third kappa shape index (κ3) is 3.29. The van der Waals surface area contributed by atoms with Gasteiger partial charge in [0.2, 0.25) is 0 Å². The van der Waals surface area contributed by atoms with Crippen LogP contribution in [0.5, 0.6) is 0 Å². The number of carbonyl (C=O) groups excluding carboxylic acids is 1. The van der Waals surface area contributed by atoms with Gasteiger partial charge in [-0.15, -0.1) is 0 Å². The fourth-order valence-electron chi connectivity index (χ4n) is 3.14. The number of carbonyl (C=O) groups is 1. The smallest absolute Gasteiger partial charge is 0.274 e. The van der Waals surface area contributed by atoms with Gasteiger partial charge >= 0.3 is 0 Å². The first kappa shape index (κ1) is 17.3. The Morgan fingerprint density at radius 3 is 2.77 bits per heavy atom. The van der Waals surface area contributed by atoms with Crippen LogP contribution in [0, 0.1) is 0 Å². The molecule has 6 nitrogen and oxygen atoms in total. The summed E-state index contributed by atoms with van der Waals surface area (Å²) in [6.07, 6.45) is 4.95. The van der Waals surface area contributed by atoms with Crippen LogP contribution in [0.2, 0.25) is 5.02 Å². The topological polar surface area (TPSA) is 72.1 Å². The fourth-order valence-corrected chi connectivity index (χ4v) is 3.66. The number of nitrogens with zero attached hydrogens (tertiary/aromatic N) is 4. The Labute approximate surface area is 160 Å². The number of fused-ring (bicyclic) bond motifs is 1. The van der Waals surface area contributed by atoms with E-state index in [0.29, 0.717) is 18.2 Å². The zero-order valence-electron chi connectivity index (χ0n) is 14.2. The van der Waals surface area contributed by atoms with Crippen molar-refractivity contribution in [2.45, 2.75) is 23.9 Å². The molecule has 1 fully saturated rings. The number of benzene rings is 1. The third-order valence-corrected chi connectivity index (χ3v) is 5.39. The van der Waals surface area contributed by atoms with Gasteiger partial charge in [0.15, 0.2) is 22.3 Å². The van der Waals surface area contributed by atoms with Crippen molar-refractivity contribution in [2.75, 3.05) is 19.3 Å². The van der Waals surface area contributed by atoms with Crippen LogP contribution in [0.4, 0.5) is 0 Å². The lowest BCUT2D eigenvalue weighted by Crippen LogP contribution is -2.38. The van der Waals surface area contributed by atoms with E-state index in [2.05, 4.69) is 15.0 Å². The Balaban J connectivity index is 1.47. The second kappa shape index (κ2) is 7.25.